The Kier molecular flexibility index (Phi) is 4.94. The van der Waals surface area contributed by atoms with E-state index in [-0.39, 0.29) is 12.4 Å². The van der Waals surface area contributed by atoms with Gasteiger partial charge in [-0.05, 0) is 36.4 Å². The summed E-state index contributed by atoms with van der Waals surface area (Å²) in [5, 5.41) is 0.581. The second-order valence-corrected chi connectivity index (χ2v) is 3.52. The molecule has 0 amide bonds. The fourth-order valence-corrected chi connectivity index (χ4v) is 1.29. The zero-order valence-electron chi connectivity index (χ0n) is 8.64. The van der Waals surface area contributed by atoms with Crippen molar-refractivity contribution >= 4 is 17.6 Å². The highest BCUT2D eigenvalue weighted by molar-refractivity contribution is 6.30. The van der Waals surface area contributed by atoms with Crippen molar-refractivity contribution in [3.63, 3.8) is 0 Å². The van der Waals surface area contributed by atoms with Gasteiger partial charge in [-0.25, -0.2) is 4.79 Å². The third-order valence-corrected chi connectivity index (χ3v) is 2.18. The number of hydrogen-bond acceptors (Lipinski definition) is 3. The average molecular weight is 269 g/mol. The van der Waals surface area contributed by atoms with Crippen LogP contribution < -0.4 is 17.1 Å². The van der Waals surface area contributed by atoms with Gasteiger partial charge in [-0.15, -0.1) is 0 Å². The van der Waals surface area contributed by atoms with Gasteiger partial charge in [0.2, 0.25) is 0 Å². The molecule has 1 aromatic carbocycles. The Morgan fingerprint density at radius 1 is 1.18 bits per heavy atom. The highest BCUT2D eigenvalue weighted by Gasteiger charge is 2.07. The van der Waals surface area contributed by atoms with Gasteiger partial charge in [0.25, 0.3) is 0 Å². The molecule has 1 heterocycles. The molecule has 5 heteroatoms. The molecule has 0 unspecified atom stereocenters. The lowest BCUT2D eigenvalue weighted by molar-refractivity contribution is -0.0000161. The molecular weight excluding hydrogens is 261 g/mol. The van der Waals surface area contributed by atoms with E-state index in [1.54, 1.807) is 42.6 Å². The van der Waals surface area contributed by atoms with Crippen LogP contribution in [0.4, 0.5) is 0 Å². The molecule has 88 valence electrons. The number of benzene rings is 1. The molecule has 0 aliphatic rings. The summed E-state index contributed by atoms with van der Waals surface area (Å²) in [5.41, 5.74) is 0.452. The Bertz CT molecular complexity index is 486. The number of carbonyl (C=O) groups excluding carboxylic acids is 1. The number of hydrogen-bond donors (Lipinski definition) is 0. The van der Waals surface area contributed by atoms with Gasteiger partial charge in [0.05, 0.1) is 11.8 Å². The minimum atomic E-state index is -0.426. The second kappa shape index (κ2) is 6.23. The molecule has 3 nitrogen and oxygen atoms in total. The van der Waals surface area contributed by atoms with E-state index in [0.29, 0.717) is 16.3 Å². The summed E-state index contributed by atoms with van der Waals surface area (Å²) in [7, 11) is 0. The minimum Gasteiger partial charge on any atom is -1.00 e. The number of rotatable bonds is 2. The van der Waals surface area contributed by atoms with Crippen LogP contribution in [-0.4, -0.2) is 11.0 Å². The topological polar surface area (TPSA) is 39.2 Å². The third-order valence-electron chi connectivity index (χ3n) is 1.92. The van der Waals surface area contributed by atoms with Crippen molar-refractivity contribution in [1.29, 1.82) is 0 Å². The monoisotopic (exact) mass is 268 g/mol. The van der Waals surface area contributed by atoms with Crippen molar-refractivity contribution in [1.82, 2.24) is 4.98 Å². The first-order valence-corrected chi connectivity index (χ1v) is 5.01. The number of aromatic nitrogens is 1. The van der Waals surface area contributed by atoms with Crippen LogP contribution in [0.5, 0.6) is 5.75 Å². The van der Waals surface area contributed by atoms with Crippen molar-refractivity contribution in [2.24, 2.45) is 0 Å². The first-order valence-electron chi connectivity index (χ1n) is 4.63. The molecule has 2 rings (SSSR count). The van der Waals surface area contributed by atoms with Gasteiger partial charge in [-0.1, -0.05) is 11.6 Å². The van der Waals surface area contributed by atoms with Crippen LogP contribution in [0.2, 0.25) is 5.02 Å². The number of ether oxygens (including phenoxy) is 1. The zero-order chi connectivity index (χ0) is 11.4. The summed E-state index contributed by atoms with van der Waals surface area (Å²) < 4.78 is 5.10. The number of pyridine rings is 1. The maximum Gasteiger partial charge on any atom is 0.343 e. The lowest BCUT2D eigenvalue weighted by Gasteiger charge is -2.03. The van der Waals surface area contributed by atoms with E-state index >= 15 is 0 Å². The van der Waals surface area contributed by atoms with Gasteiger partial charge in [0.15, 0.2) is 0 Å². The SMILES string of the molecule is O=C(Oc1cccnc1)c1ccc(Cl)cc1.[Cl-]. The van der Waals surface area contributed by atoms with E-state index in [0.717, 1.165) is 0 Å². The molecule has 0 atom stereocenters. The molecule has 17 heavy (non-hydrogen) atoms. The van der Waals surface area contributed by atoms with Crippen LogP contribution in [0, 0.1) is 0 Å². The Morgan fingerprint density at radius 3 is 2.47 bits per heavy atom. The van der Waals surface area contributed by atoms with E-state index in [1.165, 1.54) is 6.20 Å². The van der Waals surface area contributed by atoms with E-state index in [4.69, 9.17) is 16.3 Å². The van der Waals surface area contributed by atoms with Gasteiger partial charge in [0.1, 0.15) is 5.75 Å². The standard InChI is InChI=1S/C12H8ClNO2.ClH/c13-10-5-3-9(4-6-10)12(15)16-11-2-1-7-14-8-11;/h1-8H;1H/p-1. The number of halogens is 2. The van der Waals surface area contributed by atoms with E-state index in [1.807, 2.05) is 0 Å². The zero-order valence-corrected chi connectivity index (χ0v) is 10.2. The normalized spacial score (nSPS) is 9.24. The summed E-state index contributed by atoms with van der Waals surface area (Å²) in [6.07, 6.45) is 3.09. The van der Waals surface area contributed by atoms with Crippen LogP contribution in [0.25, 0.3) is 0 Å². The molecule has 0 spiro atoms. The lowest BCUT2D eigenvalue weighted by Crippen LogP contribution is -3.00. The molecule has 0 aliphatic carbocycles. The largest absolute Gasteiger partial charge is 1.00 e. The van der Waals surface area contributed by atoms with Gasteiger partial charge in [-0.2, -0.15) is 0 Å². The number of esters is 1. The van der Waals surface area contributed by atoms with Crippen LogP contribution in [-0.2, 0) is 0 Å². The van der Waals surface area contributed by atoms with Crippen molar-refractivity contribution in [3.05, 3.63) is 59.4 Å². The van der Waals surface area contributed by atoms with Gasteiger partial charge < -0.3 is 17.1 Å². The van der Waals surface area contributed by atoms with Crippen LogP contribution in [0.15, 0.2) is 48.8 Å². The number of nitrogens with zero attached hydrogens (tertiary/aromatic N) is 1. The molecule has 0 fully saturated rings. The predicted octanol–water partition coefficient (Wildman–Crippen LogP) is -0.0418. The summed E-state index contributed by atoms with van der Waals surface area (Å²) >= 11 is 5.71. The summed E-state index contributed by atoms with van der Waals surface area (Å²) in [4.78, 5) is 15.5. The minimum absolute atomic E-state index is 0. The fourth-order valence-electron chi connectivity index (χ4n) is 1.16. The van der Waals surface area contributed by atoms with Crippen LogP contribution >= 0.6 is 11.6 Å². The van der Waals surface area contributed by atoms with Gasteiger partial charge >= 0.3 is 5.97 Å². The molecule has 0 aliphatic heterocycles. The average Bonchev–Trinajstić information content (AvgIpc) is 2.31. The first kappa shape index (κ1) is 13.5. The quantitative estimate of drug-likeness (QED) is 0.718. The van der Waals surface area contributed by atoms with Crippen LogP contribution in [0.3, 0.4) is 0 Å². The Labute approximate surface area is 110 Å². The summed E-state index contributed by atoms with van der Waals surface area (Å²) in [5.74, 6) is -0.00730. The fraction of sp³-hybridized carbons (Fsp3) is 0. The smallest absolute Gasteiger partial charge is 0.343 e. The maximum absolute atomic E-state index is 11.6. The molecule has 0 saturated carbocycles. The molecule has 0 bridgehead atoms. The van der Waals surface area contributed by atoms with Gasteiger partial charge in [-0.3, -0.25) is 4.98 Å². The maximum atomic E-state index is 11.6. The molecule has 1 aromatic heterocycles. The Hall–Kier alpha value is -1.58. The van der Waals surface area contributed by atoms with Gasteiger partial charge in [0, 0.05) is 11.2 Å². The van der Waals surface area contributed by atoms with E-state index in [2.05, 4.69) is 4.98 Å². The van der Waals surface area contributed by atoms with E-state index in [9.17, 15) is 4.79 Å². The second-order valence-electron chi connectivity index (χ2n) is 3.09. The molecule has 0 radical (unpaired) electrons. The van der Waals surface area contributed by atoms with Crippen molar-refractivity contribution in [2.45, 2.75) is 0 Å². The first-order chi connectivity index (χ1) is 7.75. The molecular formula is C12H8Cl2NO2-. The van der Waals surface area contributed by atoms with Crippen LogP contribution in [0.1, 0.15) is 10.4 Å². The third kappa shape index (κ3) is 3.73. The molecule has 0 saturated heterocycles. The molecule has 2 aromatic rings. The highest BCUT2D eigenvalue weighted by atomic mass is 35.5. The Morgan fingerprint density at radius 2 is 1.88 bits per heavy atom. The predicted molar refractivity (Wildman–Crippen MR) is 60.6 cm³/mol. The van der Waals surface area contributed by atoms with Crippen molar-refractivity contribution in [3.8, 4) is 5.75 Å². The van der Waals surface area contributed by atoms with Crippen molar-refractivity contribution < 1.29 is 21.9 Å². The lowest BCUT2D eigenvalue weighted by atomic mass is 10.2. The van der Waals surface area contributed by atoms with E-state index < -0.39 is 5.97 Å². The summed E-state index contributed by atoms with van der Waals surface area (Å²) in [6, 6.07) is 9.87. The van der Waals surface area contributed by atoms with Crippen molar-refractivity contribution in [2.75, 3.05) is 0 Å². The molecule has 0 N–H and O–H groups in total. The summed E-state index contributed by atoms with van der Waals surface area (Å²) in [6.45, 7) is 0. The Balaban J connectivity index is 0.00000144. The number of carbonyl (C=O) groups is 1. The highest BCUT2D eigenvalue weighted by Crippen LogP contribution is 2.13.